The van der Waals surface area contributed by atoms with Gasteiger partial charge >= 0.3 is 0 Å². The molecule has 0 spiro atoms. The molecule has 2 radical (unpaired) electrons. The van der Waals surface area contributed by atoms with Crippen molar-refractivity contribution < 1.29 is 9.59 Å². The second-order valence-corrected chi connectivity index (χ2v) is 9.24. The largest absolute Gasteiger partial charge is 0.370 e. The molecule has 0 aromatic carbocycles. The van der Waals surface area contributed by atoms with Crippen LogP contribution < -0.4 is 11.1 Å². The van der Waals surface area contributed by atoms with Gasteiger partial charge in [-0.15, -0.1) is 0 Å². The van der Waals surface area contributed by atoms with Crippen molar-refractivity contribution in [1.29, 1.82) is 0 Å². The van der Waals surface area contributed by atoms with Crippen LogP contribution in [0, 0.1) is 5.92 Å². The number of hydrogen-bond acceptors (Lipinski definition) is 4. The number of rotatable bonds is 6. The van der Waals surface area contributed by atoms with Crippen LogP contribution in [0.4, 0.5) is 0 Å². The molecule has 29 heavy (non-hydrogen) atoms. The van der Waals surface area contributed by atoms with E-state index in [2.05, 4.69) is 5.32 Å². The van der Waals surface area contributed by atoms with Crippen molar-refractivity contribution in [1.82, 2.24) is 15.1 Å². The summed E-state index contributed by atoms with van der Waals surface area (Å²) >= 11 is 5.64. The predicted molar refractivity (Wildman–Crippen MR) is 120 cm³/mol. The molecule has 6 nitrogen and oxygen atoms in total. The number of hydrogen-bond donors (Lipinski definition) is 2. The van der Waals surface area contributed by atoms with Crippen molar-refractivity contribution in [3.8, 4) is 0 Å². The molecule has 0 bridgehead atoms. The van der Waals surface area contributed by atoms with Crippen LogP contribution in [0.25, 0.3) is 0 Å². The van der Waals surface area contributed by atoms with Crippen LogP contribution in [0.1, 0.15) is 71.1 Å². The average Bonchev–Trinajstić information content (AvgIpc) is 3.40. The third-order valence-electron chi connectivity index (χ3n) is 6.89. The molecular formula is C21H35BN4O2S. The lowest BCUT2D eigenvalue weighted by molar-refractivity contribution is -0.140. The van der Waals surface area contributed by atoms with Gasteiger partial charge in [0.15, 0.2) is 0 Å². The number of nitrogens with one attached hydrogen (secondary N) is 1. The number of carbonyl (C=O) groups is 2. The lowest BCUT2D eigenvalue weighted by atomic mass is 9.83. The van der Waals surface area contributed by atoms with E-state index in [-0.39, 0.29) is 29.7 Å². The summed E-state index contributed by atoms with van der Waals surface area (Å²) in [5.74, 6) is 0.0000802. The number of amides is 2. The summed E-state index contributed by atoms with van der Waals surface area (Å²) in [4.78, 5) is 30.6. The van der Waals surface area contributed by atoms with E-state index < -0.39 is 12.1 Å². The van der Waals surface area contributed by atoms with Gasteiger partial charge in [-0.2, -0.15) is 0 Å². The standard InChI is InChI=1S/C21H35BN4O2S/c1-2-15(21(29)26-13-7-11-17(26)22)24-19(27)16-10-6-12-25(16)20(28)18(23)14-8-4-3-5-9-14/h14-18H,2-13,23H2,1H3,(H,24,27)/t15-,16-,17-,18-/m0/s1. The zero-order chi connectivity index (χ0) is 21.0. The first-order chi connectivity index (χ1) is 13.9. The van der Waals surface area contributed by atoms with Gasteiger partial charge in [0.1, 0.15) is 11.0 Å². The second kappa shape index (κ2) is 10.2. The van der Waals surface area contributed by atoms with Crippen molar-refractivity contribution in [3.63, 3.8) is 0 Å². The van der Waals surface area contributed by atoms with Gasteiger partial charge in [0, 0.05) is 13.1 Å². The van der Waals surface area contributed by atoms with Gasteiger partial charge < -0.3 is 20.9 Å². The highest BCUT2D eigenvalue weighted by Gasteiger charge is 2.39. The molecule has 0 aromatic rings. The summed E-state index contributed by atoms with van der Waals surface area (Å²) in [5.41, 5.74) is 6.34. The molecule has 0 aromatic heterocycles. The Morgan fingerprint density at radius 3 is 2.34 bits per heavy atom. The van der Waals surface area contributed by atoms with Crippen LogP contribution in [0.15, 0.2) is 0 Å². The van der Waals surface area contributed by atoms with E-state index in [1.54, 1.807) is 4.90 Å². The summed E-state index contributed by atoms with van der Waals surface area (Å²) in [6, 6.07) is -1.16. The second-order valence-electron chi connectivity index (χ2n) is 8.82. The van der Waals surface area contributed by atoms with Gasteiger partial charge in [-0.1, -0.05) is 38.4 Å². The summed E-state index contributed by atoms with van der Waals surface area (Å²) in [6.07, 6.45) is 9.71. The smallest absolute Gasteiger partial charge is 0.243 e. The molecule has 2 amide bonds. The monoisotopic (exact) mass is 418 g/mol. The quantitative estimate of drug-likeness (QED) is 0.507. The van der Waals surface area contributed by atoms with Gasteiger partial charge in [-0.3, -0.25) is 9.59 Å². The molecule has 160 valence electrons. The SMILES string of the molecule is [B][C@@H]1CCCN1C(=S)[C@H](CC)NC(=O)[C@@H]1CCCN1C(=O)[C@@H](N)C1CCCCC1. The first-order valence-corrected chi connectivity index (χ1v) is 11.8. The molecule has 2 aliphatic heterocycles. The normalized spacial score (nSPS) is 27.7. The molecule has 1 saturated carbocycles. The van der Waals surface area contributed by atoms with E-state index in [0.717, 1.165) is 51.5 Å². The molecule has 3 fully saturated rings. The highest BCUT2D eigenvalue weighted by Crippen LogP contribution is 2.28. The van der Waals surface area contributed by atoms with E-state index in [0.29, 0.717) is 24.4 Å². The molecular weight excluding hydrogens is 383 g/mol. The summed E-state index contributed by atoms with van der Waals surface area (Å²) in [5, 5.41) is 3.10. The average molecular weight is 418 g/mol. The van der Waals surface area contributed by atoms with Gasteiger partial charge in [0.2, 0.25) is 11.8 Å². The number of thiocarbonyl (C=S) groups is 1. The number of nitrogens with two attached hydrogens (primary N) is 1. The molecule has 2 heterocycles. The number of likely N-dealkylation sites (tertiary alicyclic amines) is 2. The highest BCUT2D eigenvalue weighted by molar-refractivity contribution is 7.80. The van der Waals surface area contributed by atoms with E-state index >= 15 is 0 Å². The first-order valence-electron chi connectivity index (χ1n) is 11.4. The lowest BCUT2D eigenvalue weighted by Gasteiger charge is -2.34. The molecule has 3 N–H and O–H groups in total. The Bertz CT molecular complexity index is 613. The van der Waals surface area contributed by atoms with Crippen LogP contribution in [0.3, 0.4) is 0 Å². The van der Waals surface area contributed by atoms with Crippen molar-refractivity contribution in [2.45, 2.75) is 95.2 Å². The lowest BCUT2D eigenvalue weighted by Crippen LogP contribution is -2.56. The molecule has 2 saturated heterocycles. The van der Waals surface area contributed by atoms with Gasteiger partial charge in [0.05, 0.1) is 19.9 Å². The van der Waals surface area contributed by atoms with Gasteiger partial charge in [-0.05, 0) is 56.8 Å². The van der Waals surface area contributed by atoms with Crippen molar-refractivity contribution in [2.24, 2.45) is 11.7 Å². The molecule has 3 aliphatic rings. The first kappa shape index (κ1) is 22.5. The maximum Gasteiger partial charge on any atom is 0.243 e. The van der Waals surface area contributed by atoms with Crippen LogP contribution in [0.5, 0.6) is 0 Å². The third-order valence-corrected chi connectivity index (χ3v) is 7.41. The van der Waals surface area contributed by atoms with Crippen LogP contribution in [-0.2, 0) is 9.59 Å². The van der Waals surface area contributed by atoms with E-state index in [9.17, 15) is 9.59 Å². The maximum absolute atomic E-state index is 13.1. The number of nitrogens with zero attached hydrogens (tertiary/aromatic N) is 2. The Morgan fingerprint density at radius 2 is 1.72 bits per heavy atom. The van der Waals surface area contributed by atoms with Gasteiger partial charge in [-0.25, -0.2) is 0 Å². The topological polar surface area (TPSA) is 78.7 Å². The fourth-order valence-electron chi connectivity index (χ4n) is 5.06. The van der Waals surface area contributed by atoms with Crippen LogP contribution in [0.2, 0.25) is 0 Å². The maximum atomic E-state index is 13.1. The zero-order valence-electron chi connectivity index (χ0n) is 17.6. The Morgan fingerprint density at radius 1 is 1.07 bits per heavy atom. The fraction of sp³-hybridized carbons (Fsp3) is 0.857. The molecule has 1 aliphatic carbocycles. The highest BCUT2D eigenvalue weighted by atomic mass is 32.1. The molecule has 4 atom stereocenters. The fourth-order valence-corrected chi connectivity index (χ4v) is 5.51. The van der Waals surface area contributed by atoms with Crippen molar-refractivity contribution >= 4 is 36.9 Å². The van der Waals surface area contributed by atoms with Crippen molar-refractivity contribution in [2.75, 3.05) is 13.1 Å². The van der Waals surface area contributed by atoms with E-state index in [1.807, 2.05) is 11.8 Å². The Kier molecular flexibility index (Phi) is 7.96. The van der Waals surface area contributed by atoms with Gasteiger partial charge in [0.25, 0.3) is 0 Å². The minimum Gasteiger partial charge on any atom is -0.370 e. The molecule has 3 rings (SSSR count). The minimum atomic E-state index is -0.491. The summed E-state index contributed by atoms with van der Waals surface area (Å²) < 4.78 is 0. The van der Waals surface area contributed by atoms with Crippen LogP contribution in [-0.4, -0.2) is 71.6 Å². The Hall–Kier alpha value is -1.15. The Labute approximate surface area is 181 Å². The zero-order valence-corrected chi connectivity index (χ0v) is 18.5. The van der Waals surface area contributed by atoms with Crippen molar-refractivity contribution in [3.05, 3.63) is 0 Å². The minimum absolute atomic E-state index is 0.0632. The number of carbonyl (C=O) groups excluding carboxylic acids is 2. The molecule has 8 heteroatoms. The summed E-state index contributed by atoms with van der Waals surface area (Å²) in [7, 11) is 6.15. The Balaban J connectivity index is 1.61. The van der Waals surface area contributed by atoms with E-state index in [1.165, 1.54) is 6.42 Å². The summed E-state index contributed by atoms with van der Waals surface area (Å²) in [6.45, 7) is 3.46. The predicted octanol–water partition coefficient (Wildman–Crippen LogP) is 1.70. The van der Waals surface area contributed by atoms with E-state index in [4.69, 9.17) is 25.8 Å². The van der Waals surface area contributed by atoms with Crippen LogP contribution >= 0.6 is 12.2 Å². The third kappa shape index (κ3) is 5.13. The molecule has 0 unspecified atom stereocenters.